The standard InChI is InChI=1S/C10H12ClNS/c1-2-10(13)12-7-8-3-5-9(11)6-4-8/h3-6H,2,7H2,1H3,(H,12,13). The molecule has 0 saturated carbocycles. The van der Waals surface area contributed by atoms with Crippen LogP contribution in [0.3, 0.4) is 0 Å². The van der Waals surface area contributed by atoms with Crippen LogP contribution < -0.4 is 5.32 Å². The number of nitrogens with one attached hydrogen (secondary N) is 1. The summed E-state index contributed by atoms with van der Waals surface area (Å²) in [5.74, 6) is 0. The second-order valence-corrected chi connectivity index (χ2v) is 3.69. The maximum absolute atomic E-state index is 5.76. The second-order valence-electron chi connectivity index (χ2n) is 2.76. The van der Waals surface area contributed by atoms with Crippen molar-refractivity contribution in [2.45, 2.75) is 19.9 Å². The Kier molecular flexibility index (Phi) is 4.19. The zero-order valence-corrected chi connectivity index (χ0v) is 9.08. The van der Waals surface area contributed by atoms with Gasteiger partial charge in [-0.05, 0) is 24.1 Å². The predicted molar refractivity (Wildman–Crippen MR) is 61.2 cm³/mol. The third-order valence-corrected chi connectivity index (χ3v) is 2.41. The summed E-state index contributed by atoms with van der Waals surface area (Å²) in [6.45, 7) is 2.82. The average molecular weight is 214 g/mol. The Morgan fingerprint density at radius 2 is 2.00 bits per heavy atom. The minimum absolute atomic E-state index is 0.766. The van der Waals surface area contributed by atoms with Crippen LogP contribution in [0.25, 0.3) is 0 Å². The van der Waals surface area contributed by atoms with E-state index in [0.29, 0.717) is 0 Å². The van der Waals surface area contributed by atoms with Crippen molar-refractivity contribution < 1.29 is 0 Å². The number of halogens is 1. The lowest BCUT2D eigenvalue weighted by Gasteiger charge is -2.05. The SMILES string of the molecule is CCC(=S)NCc1ccc(Cl)cc1. The van der Waals surface area contributed by atoms with E-state index in [9.17, 15) is 0 Å². The smallest absolute Gasteiger partial charge is 0.0753 e. The van der Waals surface area contributed by atoms with Crippen LogP contribution in [0, 0.1) is 0 Å². The Morgan fingerprint density at radius 3 is 2.54 bits per heavy atom. The summed E-state index contributed by atoms with van der Waals surface area (Å²) in [6.07, 6.45) is 0.892. The first-order valence-electron chi connectivity index (χ1n) is 4.23. The molecule has 0 heterocycles. The molecule has 70 valence electrons. The van der Waals surface area contributed by atoms with Gasteiger partial charge < -0.3 is 5.32 Å². The van der Waals surface area contributed by atoms with Crippen molar-refractivity contribution in [2.24, 2.45) is 0 Å². The van der Waals surface area contributed by atoms with Crippen molar-refractivity contribution >= 4 is 28.8 Å². The summed E-state index contributed by atoms with van der Waals surface area (Å²) in [5.41, 5.74) is 1.19. The van der Waals surface area contributed by atoms with E-state index in [1.807, 2.05) is 31.2 Å². The van der Waals surface area contributed by atoms with Gasteiger partial charge in [-0.3, -0.25) is 0 Å². The lowest BCUT2D eigenvalue weighted by atomic mass is 10.2. The highest BCUT2D eigenvalue weighted by atomic mass is 35.5. The Bertz CT molecular complexity index is 281. The van der Waals surface area contributed by atoms with Gasteiger partial charge in [0.05, 0.1) is 4.99 Å². The maximum Gasteiger partial charge on any atom is 0.0753 e. The Hall–Kier alpha value is -0.600. The van der Waals surface area contributed by atoms with Crippen LogP contribution in [0.5, 0.6) is 0 Å². The van der Waals surface area contributed by atoms with Gasteiger partial charge in [0.15, 0.2) is 0 Å². The molecule has 0 amide bonds. The van der Waals surface area contributed by atoms with Crippen molar-refractivity contribution in [1.82, 2.24) is 5.32 Å². The summed E-state index contributed by atoms with van der Waals surface area (Å²) >= 11 is 10.8. The zero-order valence-electron chi connectivity index (χ0n) is 7.51. The van der Waals surface area contributed by atoms with Crippen LogP contribution in [0.2, 0.25) is 5.02 Å². The summed E-state index contributed by atoms with van der Waals surface area (Å²) < 4.78 is 0. The van der Waals surface area contributed by atoms with Gasteiger partial charge in [0.25, 0.3) is 0 Å². The third-order valence-electron chi connectivity index (χ3n) is 1.72. The van der Waals surface area contributed by atoms with Gasteiger partial charge in [-0.1, -0.05) is 42.9 Å². The van der Waals surface area contributed by atoms with Crippen LogP contribution >= 0.6 is 23.8 Å². The van der Waals surface area contributed by atoms with Crippen molar-refractivity contribution in [3.05, 3.63) is 34.9 Å². The lowest BCUT2D eigenvalue weighted by Crippen LogP contribution is -2.19. The molecule has 1 N–H and O–H groups in total. The summed E-state index contributed by atoms with van der Waals surface area (Å²) in [4.78, 5) is 0.898. The number of thiocarbonyl (C=S) groups is 1. The molecule has 0 atom stereocenters. The van der Waals surface area contributed by atoms with Gasteiger partial charge in [-0.2, -0.15) is 0 Å². The van der Waals surface area contributed by atoms with Gasteiger partial charge in [-0.25, -0.2) is 0 Å². The van der Waals surface area contributed by atoms with Gasteiger partial charge in [0.2, 0.25) is 0 Å². The first kappa shape index (κ1) is 10.5. The van der Waals surface area contributed by atoms with Gasteiger partial charge in [0.1, 0.15) is 0 Å². The number of rotatable bonds is 3. The second kappa shape index (κ2) is 5.20. The van der Waals surface area contributed by atoms with Crippen LogP contribution in [0.1, 0.15) is 18.9 Å². The van der Waals surface area contributed by atoms with Crippen molar-refractivity contribution in [2.75, 3.05) is 0 Å². The molecule has 0 aliphatic heterocycles. The summed E-state index contributed by atoms with van der Waals surface area (Å²) in [6, 6.07) is 7.75. The van der Waals surface area contributed by atoms with Crippen molar-refractivity contribution in [1.29, 1.82) is 0 Å². The molecule has 0 aromatic heterocycles. The largest absolute Gasteiger partial charge is 0.376 e. The monoisotopic (exact) mass is 213 g/mol. The van der Waals surface area contributed by atoms with E-state index in [2.05, 4.69) is 5.32 Å². The zero-order chi connectivity index (χ0) is 9.68. The highest BCUT2D eigenvalue weighted by molar-refractivity contribution is 7.80. The maximum atomic E-state index is 5.76. The fourth-order valence-electron chi connectivity index (χ4n) is 0.928. The lowest BCUT2D eigenvalue weighted by molar-refractivity contribution is 0.907. The topological polar surface area (TPSA) is 12.0 Å². The minimum atomic E-state index is 0.766. The molecule has 3 heteroatoms. The molecule has 0 radical (unpaired) electrons. The molecule has 1 aromatic carbocycles. The summed E-state index contributed by atoms with van der Waals surface area (Å²) in [7, 11) is 0. The molecule has 0 bridgehead atoms. The molecule has 0 aliphatic rings. The Balaban J connectivity index is 2.46. The molecule has 13 heavy (non-hydrogen) atoms. The predicted octanol–water partition coefficient (Wildman–Crippen LogP) is 3.17. The molecule has 0 unspecified atom stereocenters. The molecular formula is C10H12ClNS. The van der Waals surface area contributed by atoms with E-state index >= 15 is 0 Å². The van der Waals surface area contributed by atoms with Crippen LogP contribution in [-0.4, -0.2) is 4.99 Å². The van der Waals surface area contributed by atoms with Crippen LogP contribution in [0.15, 0.2) is 24.3 Å². The number of hydrogen-bond donors (Lipinski definition) is 1. The minimum Gasteiger partial charge on any atom is -0.376 e. The van der Waals surface area contributed by atoms with Crippen LogP contribution in [-0.2, 0) is 6.54 Å². The van der Waals surface area contributed by atoms with E-state index in [1.54, 1.807) is 0 Å². The van der Waals surface area contributed by atoms with E-state index in [4.69, 9.17) is 23.8 Å². The molecule has 1 rings (SSSR count). The third kappa shape index (κ3) is 3.75. The molecule has 1 aromatic rings. The average Bonchev–Trinajstić information content (AvgIpc) is 2.16. The van der Waals surface area contributed by atoms with E-state index in [0.717, 1.165) is 23.0 Å². The fraction of sp³-hybridized carbons (Fsp3) is 0.300. The highest BCUT2D eigenvalue weighted by Crippen LogP contribution is 2.09. The first-order chi connectivity index (χ1) is 6.22. The molecule has 0 spiro atoms. The molecule has 1 nitrogen and oxygen atoms in total. The van der Waals surface area contributed by atoms with E-state index < -0.39 is 0 Å². The normalized spacial score (nSPS) is 9.69. The Morgan fingerprint density at radius 1 is 1.38 bits per heavy atom. The molecule has 0 saturated heterocycles. The van der Waals surface area contributed by atoms with E-state index in [1.165, 1.54) is 5.56 Å². The van der Waals surface area contributed by atoms with Crippen molar-refractivity contribution in [3.63, 3.8) is 0 Å². The summed E-state index contributed by atoms with van der Waals surface area (Å²) in [5, 5.41) is 3.92. The van der Waals surface area contributed by atoms with E-state index in [-0.39, 0.29) is 0 Å². The number of benzene rings is 1. The molecule has 0 aliphatic carbocycles. The fourth-order valence-corrected chi connectivity index (χ4v) is 1.13. The quantitative estimate of drug-likeness (QED) is 0.775. The van der Waals surface area contributed by atoms with Crippen LogP contribution in [0.4, 0.5) is 0 Å². The van der Waals surface area contributed by atoms with Crippen molar-refractivity contribution in [3.8, 4) is 0 Å². The Labute approximate surface area is 89.1 Å². The molecule has 0 fully saturated rings. The molecular weight excluding hydrogens is 202 g/mol. The number of hydrogen-bond acceptors (Lipinski definition) is 1. The van der Waals surface area contributed by atoms with Gasteiger partial charge in [-0.15, -0.1) is 0 Å². The van der Waals surface area contributed by atoms with Gasteiger partial charge >= 0.3 is 0 Å². The van der Waals surface area contributed by atoms with Gasteiger partial charge in [0, 0.05) is 11.6 Å². The highest BCUT2D eigenvalue weighted by Gasteiger charge is 1.94. The first-order valence-corrected chi connectivity index (χ1v) is 5.02.